The van der Waals surface area contributed by atoms with Crippen molar-refractivity contribution in [2.45, 2.75) is 19.8 Å². The molecule has 0 aromatic heterocycles. The summed E-state index contributed by atoms with van der Waals surface area (Å²) in [5, 5.41) is 20.0. The first-order valence-electron chi connectivity index (χ1n) is 6.41. The minimum atomic E-state index is -1.35. The summed E-state index contributed by atoms with van der Waals surface area (Å²) in [5.74, 6) is -0.606. The number of nitrogens with zero attached hydrogens (tertiary/aromatic N) is 2. The number of carbonyl (C=O) groups is 1. The van der Waals surface area contributed by atoms with Crippen LogP contribution < -0.4 is 0 Å². The largest absolute Gasteiger partial charge is 0.465 e. The van der Waals surface area contributed by atoms with Gasteiger partial charge in [0.05, 0.1) is 17.6 Å². The number of nitriles is 1. The Morgan fingerprint density at radius 1 is 1.52 bits per heavy atom. The minimum absolute atomic E-state index is 0.0406. The predicted octanol–water partition coefficient (Wildman–Crippen LogP) is 2.79. The molecule has 0 fully saturated rings. The number of ether oxygens (including phenoxy) is 1. The number of esters is 1. The first-order chi connectivity index (χ1) is 9.99. The van der Waals surface area contributed by atoms with Crippen LogP contribution in [0.5, 0.6) is 0 Å². The number of allylic oxidation sites excluding steroid dienone is 1. The molecule has 1 rings (SSSR count). The van der Waals surface area contributed by atoms with Crippen molar-refractivity contribution in [2.24, 2.45) is 5.41 Å². The third kappa shape index (κ3) is 3.89. The molecule has 6 nitrogen and oxygen atoms in total. The molecule has 0 saturated carbocycles. The fraction of sp³-hybridized carbons (Fsp3) is 0.333. The topological polar surface area (TPSA) is 93.2 Å². The van der Waals surface area contributed by atoms with Gasteiger partial charge in [0.1, 0.15) is 0 Å². The van der Waals surface area contributed by atoms with E-state index in [1.54, 1.807) is 6.92 Å². The van der Waals surface area contributed by atoms with Crippen molar-refractivity contribution in [3.8, 4) is 6.07 Å². The SMILES string of the molecule is C=CCC(C#N)(Cc1ccc([N+](=O)[O-])cc1)C(=O)OCC. The van der Waals surface area contributed by atoms with Crippen LogP contribution in [-0.4, -0.2) is 17.5 Å². The van der Waals surface area contributed by atoms with Gasteiger partial charge in [0.25, 0.3) is 5.69 Å². The van der Waals surface area contributed by atoms with Crippen molar-refractivity contribution in [3.05, 3.63) is 52.6 Å². The summed E-state index contributed by atoms with van der Waals surface area (Å²) < 4.78 is 4.97. The third-order valence-corrected chi connectivity index (χ3v) is 3.03. The quantitative estimate of drug-likeness (QED) is 0.333. The van der Waals surface area contributed by atoms with E-state index in [2.05, 4.69) is 6.58 Å². The van der Waals surface area contributed by atoms with Crippen molar-refractivity contribution in [3.63, 3.8) is 0 Å². The Bertz CT molecular complexity index is 574. The van der Waals surface area contributed by atoms with Crippen LogP contribution in [-0.2, 0) is 16.0 Å². The van der Waals surface area contributed by atoms with Crippen LogP contribution in [0.2, 0.25) is 0 Å². The predicted molar refractivity (Wildman–Crippen MR) is 76.3 cm³/mol. The number of hydrogen-bond acceptors (Lipinski definition) is 5. The van der Waals surface area contributed by atoms with Crippen LogP contribution in [0.25, 0.3) is 0 Å². The summed E-state index contributed by atoms with van der Waals surface area (Å²) in [5.41, 5.74) is -0.744. The molecule has 0 aliphatic carbocycles. The van der Waals surface area contributed by atoms with Gasteiger partial charge in [-0.1, -0.05) is 18.2 Å². The Labute approximate surface area is 122 Å². The van der Waals surface area contributed by atoms with Gasteiger partial charge in [0.15, 0.2) is 5.41 Å². The molecule has 1 atom stereocenters. The van der Waals surface area contributed by atoms with E-state index < -0.39 is 16.3 Å². The van der Waals surface area contributed by atoms with E-state index in [0.717, 1.165) is 0 Å². The monoisotopic (exact) mass is 288 g/mol. The molecule has 0 aliphatic rings. The van der Waals surface area contributed by atoms with Gasteiger partial charge in [0, 0.05) is 18.6 Å². The molecule has 0 aliphatic heterocycles. The number of carbonyl (C=O) groups excluding carboxylic acids is 1. The highest BCUT2D eigenvalue weighted by Gasteiger charge is 2.39. The first kappa shape index (κ1) is 16.4. The van der Waals surface area contributed by atoms with Crippen molar-refractivity contribution >= 4 is 11.7 Å². The molecule has 0 amide bonds. The molecule has 0 bridgehead atoms. The van der Waals surface area contributed by atoms with Gasteiger partial charge >= 0.3 is 5.97 Å². The van der Waals surface area contributed by atoms with Crippen LogP contribution in [0.4, 0.5) is 5.69 Å². The van der Waals surface area contributed by atoms with E-state index in [0.29, 0.717) is 5.56 Å². The molecular formula is C15H16N2O4. The number of benzene rings is 1. The number of nitro benzene ring substituents is 1. The average Bonchev–Trinajstić information content (AvgIpc) is 2.47. The molecule has 0 spiro atoms. The molecule has 1 aromatic rings. The third-order valence-electron chi connectivity index (χ3n) is 3.03. The molecule has 0 saturated heterocycles. The number of rotatable bonds is 7. The molecule has 1 unspecified atom stereocenters. The first-order valence-corrected chi connectivity index (χ1v) is 6.41. The van der Waals surface area contributed by atoms with Crippen LogP contribution in [0.15, 0.2) is 36.9 Å². The zero-order valence-electron chi connectivity index (χ0n) is 11.7. The van der Waals surface area contributed by atoms with E-state index >= 15 is 0 Å². The molecule has 6 heteroatoms. The van der Waals surface area contributed by atoms with Crippen LogP contribution in [0.3, 0.4) is 0 Å². The van der Waals surface area contributed by atoms with Crippen molar-refractivity contribution < 1.29 is 14.5 Å². The van der Waals surface area contributed by atoms with E-state index in [1.807, 2.05) is 6.07 Å². The number of nitro groups is 1. The lowest BCUT2D eigenvalue weighted by Crippen LogP contribution is -2.33. The lowest BCUT2D eigenvalue weighted by molar-refractivity contribution is -0.384. The Balaban J connectivity index is 3.06. The van der Waals surface area contributed by atoms with E-state index in [1.165, 1.54) is 30.3 Å². The second-order valence-electron chi connectivity index (χ2n) is 4.51. The van der Waals surface area contributed by atoms with Gasteiger partial charge in [0.2, 0.25) is 0 Å². The van der Waals surface area contributed by atoms with Crippen LogP contribution in [0.1, 0.15) is 18.9 Å². The van der Waals surface area contributed by atoms with Gasteiger partial charge < -0.3 is 4.74 Å². The summed E-state index contributed by atoms with van der Waals surface area (Å²) in [6.45, 7) is 5.41. The molecule has 1 aromatic carbocycles. The highest BCUT2D eigenvalue weighted by atomic mass is 16.6. The molecule has 21 heavy (non-hydrogen) atoms. The van der Waals surface area contributed by atoms with Gasteiger partial charge in [-0.25, -0.2) is 0 Å². The molecule has 110 valence electrons. The summed E-state index contributed by atoms with van der Waals surface area (Å²) in [4.78, 5) is 22.2. The fourth-order valence-corrected chi connectivity index (χ4v) is 1.96. The summed E-state index contributed by atoms with van der Waals surface area (Å²) >= 11 is 0. The van der Waals surface area contributed by atoms with Crippen molar-refractivity contribution in [1.82, 2.24) is 0 Å². The molecular weight excluding hydrogens is 272 g/mol. The summed E-state index contributed by atoms with van der Waals surface area (Å²) in [6.07, 6.45) is 1.76. The average molecular weight is 288 g/mol. The maximum atomic E-state index is 12.1. The number of non-ortho nitro benzene ring substituents is 1. The van der Waals surface area contributed by atoms with E-state index in [9.17, 15) is 20.2 Å². The fourth-order valence-electron chi connectivity index (χ4n) is 1.96. The Kier molecular flexibility index (Phi) is 5.61. The maximum absolute atomic E-state index is 12.1. The lowest BCUT2D eigenvalue weighted by Gasteiger charge is -2.23. The van der Waals surface area contributed by atoms with Gasteiger partial charge in [-0.2, -0.15) is 5.26 Å². The van der Waals surface area contributed by atoms with Crippen molar-refractivity contribution in [2.75, 3.05) is 6.61 Å². The summed E-state index contributed by atoms with van der Waals surface area (Å²) in [6, 6.07) is 7.76. The minimum Gasteiger partial charge on any atom is -0.465 e. The normalized spacial score (nSPS) is 12.8. The second-order valence-corrected chi connectivity index (χ2v) is 4.51. The smallest absolute Gasteiger partial charge is 0.327 e. The van der Waals surface area contributed by atoms with Gasteiger partial charge in [-0.05, 0) is 18.9 Å². The van der Waals surface area contributed by atoms with Gasteiger partial charge in [-0.15, -0.1) is 6.58 Å². The highest BCUT2D eigenvalue weighted by Crippen LogP contribution is 2.29. The Morgan fingerprint density at radius 2 is 2.14 bits per heavy atom. The zero-order valence-corrected chi connectivity index (χ0v) is 11.7. The lowest BCUT2D eigenvalue weighted by atomic mass is 9.80. The number of hydrogen-bond donors (Lipinski definition) is 0. The Hall–Kier alpha value is -2.68. The van der Waals surface area contributed by atoms with Crippen LogP contribution in [0, 0.1) is 26.9 Å². The highest BCUT2D eigenvalue weighted by molar-refractivity contribution is 5.80. The molecule has 0 N–H and O–H groups in total. The zero-order chi connectivity index (χ0) is 15.9. The Morgan fingerprint density at radius 3 is 2.57 bits per heavy atom. The van der Waals surface area contributed by atoms with Crippen LogP contribution >= 0.6 is 0 Å². The molecule has 0 heterocycles. The summed E-state index contributed by atoms with van der Waals surface area (Å²) in [7, 11) is 0. The van der Waals surface area contributed by atoms with E-state index in [-0.39, 0.29) is 25.1 Å². The molecule has 0 radical (unpaired) electrons. The standard InChI is InChI=1S/C15H16N2O4/c1-3-9-15(11-16,14(18)21-4-2)10-12-5-7-13(8-6-12)17(19)20/h3,5-8H,1,4,9-10H2,2H3. The van der Waals surface area contributed by atoms with E-state index in [4.69, 9.17) is 4.74 Å². The maximum Gasteiger partial charge on any atom is 0.327 e. The van der Waals surface area contributed by atoms with Gasteiger partial charge in [-0.3, -0.25) is 14.9 Å². The van der Waals surface area contributed by atoms with Crippen molar-refractivity contribution in [1.29, 1.82) is 5.26 Å². The second kappa shape index (κ2) is 7.20.